The number of fused-ring (bicyclic) bond motifs is 2. The van der Waals surface area contributed by atoms with Crippen molar-refractivity contribution in [3.8, 4) is 5.75 Å². The first-order valence-electron chi connectivity index (χ1n) is 12.6. The van der Waals surface area contributed by atoms with Crippen molar-refractivity contribution in [2.75, 3.05) is 26.7 Å². The summed E-state index contributed by atoms with van der Waals surface area (Å²) >= 11 is 0. The number of carboxylic acids is 2. The highest BCUT2D eigenvalue weighted by atomic mass is 16.5. The van der Waals surface area contributed by atoms with Gasteiger partial charge in [-0.1, -0.05) is 54.6 Å². The fraction of sp³-hybridized carbons (Fsp3) is 0.258. The maximum Gasteiger partial charge on any atom is 0.414 e. The predicted octanol–water partition coefficient (Wildman–Crippen LogP) is 4.98. The molecule has 0 aromatic heterocycles. The molecule has 198 valence electrons. The van der Waals surface area contributed by atoms with E-state index in [9.17, 15) is 4.79 Å². The molecule has 0 heterocycles. The number of likely N-dealkylation sites (N-methyl/N-ethyl adjacent to an activating group) is 1. The lowest BCUT2D eigenvalue weighted by atomic mass is 9.93. The Balaban J connectivity index is 0.000000599. The van der Waals surface area contributed by atoms with Crippen LogP contribution in [0.4, 0.5) is 0 Å². The second-order valence-corrected chi connectivity index (χ2v) is 8.95. The van der Waals surface area contributed by atoms with Crippen LogP contribution in [0.25, 0.3) is 5.57 Å². The van der Waals surface area contributed by atoms with Crippen molar-refractivity contribution >= 4 is 23.3 Å². The van der Waals surface area contributed by atoms with Gasteiger partial charge in [0.05, 0.1) is 13.2 Å². The Hall–Kier alpha value is -4.23. The Bertz CT molecular complexity index is 1230. The standard InChI is InChI=1S/C29H31NO2.C2H2O4/c1-3-32-25-18-16-24(17-19-25)29(31)21-30(2)20-8-13-28-26-11-6-4-9-22(26)14-15-23-10-5-7-12-27(23)28;3-1(4)2(5)6/h4-7,9-13,16-19H,3,8,14-15,20-21H2,1-2H3;(H,3,4)(H,5,6). The van der Waals surface area contributed by atoms with Gasteiger partial charge in [0, 0.05) is 12.1 Å². The van der Waals surface area contributed by atoms with E-state index in [4.69, 9.17) is 24.5 Å². The molecule has 0 fully saturated rings. The lowest BCUT2D eigenvalue weighted by molar-refractivity contribution is -0.159. The summed E-state index contributed by atoms with van der Waals surface area (Å²) in [5.41, 5.74) is 7.55. The summed E-state index contributed by atoms with van der Waals surface area (Å²) in [4.78, 5) is 33.0. The molecule has 0 radical (unpaired) electrons. The highest BCUT2D eigenvalue weighted by molar-refractivity contribution is 6.27. The van der Waals surface area contributed by atoms with Crippen LogP contribution in [-0.4, -0.2) is 59.6 Å². The lowest BCUT2D eigenvalue weighted by Gasteiger charge is -2.16. The van der Waals surface area contributed by atoms with E-state index in [0.717, 1.165) is 37.1 Å². The van der Waals surface area contributed by atoms with E-state index in [0.29, 0.717) is 13.2 Å². The number of carbonyl (C=O) groups is 3. The smallest absolute Gasteiger partial charge is 0.414 e. The van der Waals surface area contributed by atoms with E-state index in [2.05, 4.69) is 59.5 Å². The first-order chi connectivity index (χ1) is 18.3. The van der Waals surface area contributed by atoms with Crippen LogP contribution in [-0.2, 0) is 22.4 Å². The Kier molecular flexibility index (Phi) is 10.4. The summed E-state index contributed by atoms with van der Waals surface area (Å²) in [5, 5.41) is 14.8. The van der Waals surface area contributed by atoms with Gasteiger partial charge in [-0.25, -0.2) is 9.59 Å². The second-order valence-electron chi connectivity index (χ2n) is 8.95. The zero-order valence-electron chi connectivity index (χ0n) is 21.7. The van der Waals surface area contributed by atoms with E-state index in [1.165, 1.54) is 27.8 Å². The summed E-state index contributed by atoms with van der Waals surface area (Å²) in [5.74, 6) is -2.72. The molecule has 7 heteroatoms. The minimum absolute atomic E-state index is 0.133. The van der Waals surface area contributed by atoms with Crippen LogP contribution in [0, 0.1) is 0 Å². The van der Waals surface area contributed by atoms with Crippen molar-refractivity contribution in [2.24, 2.45) is 0 Å². The van der Waals surface area contributed by atoms with Crippen molar-refractivity contribution < 1.29 is 29.3 Å². The number of hydrogen-bond donors (Lipinski definition) is 2. The molecule has 7 nitrogen and oxygen atoms in total. The Morgan fingerprint density at radius 3 is 1.87 bits per heavy atom. The highest BCUT2D eigenvalue weighted by Gasteiger charge is 2.17. The van der Waals surface area contributed by atoms with Crippen molar-refractivity contribution in [3.05, 3.63) is 107 Å². The third-order valence-electron chi connectivity index (χ3n) is 6.22. The van der Waals surface area contributed by atoms with Gasteiger partial charge < -0.3 is 14.9 Å². The zero-order chi connectivity index (χ0) is 27.5. The number of carboxylic acid groups (broad SMARTS) is 2. The molecule has 0 atom stereocenters. The maximum atomic E-state index is 12.7. The van der Waals surface area contributed by atoms with E-state index in [1.807, 2.05) is 38.2 Å². The van der Waals surface area contributed by atoms with Crippen molar-refractivity contribution in [2.45, 2.75) is 26.2 Å². The fourth-order valence-corrected chi connectivity index (χ4v) is 4.38. The number of carbonyl (C=O) groups excluding carboxylic acids is 1. The van der Waals surface area contributed by atoms with Crippen molar-refractivity contribution in [1.82, 2.24) is 4.90 Å². The summed E-state index contributed by atoms with van der Waals surface area (Å²) in [6, 6.07) is 24.9. The Labute approximate surface area is 223 Å². The average molecular weight is 516 g/mol. The second kappa shape index (κ2) is 13.9. The van der Waals surface area contributed by atoms with Crippen molar-refractivity contribution in [1.29, 1.82) is 0 Å². The predicted molar refractivity (Wildman–Crippen MR) is 147 cm³/mol. The molecule has 1 aliphatic rings. The van der Waals surface area contributed by atoms with Crippen LogP contribution in [0.1, 0.15) is 46.0 Å². The van der Waals surface area contributed by atoms with Gasteiger partial charge in [0.25, 0.3) is 0 Å². The molecule has 3 aromatic rings. The molecule has 0 amide bonds. The van der Waals surface area contributed by atoms with Crippen LogP contribution in [0.5, 0.6) is 5.75 Å². The molecule has 0 saturated carbocycles. The minimum Gasteiger partial charge on any atom is -0.494 e. The number of ether oxygens (including phenoxy) is 1. The van der Waals surface area contributed by atoms with E-state index >= 15 is 0 Å². The summed E-state index contributed by atoms with van der Waals surface area (Å²) in [6.07, 6.45) is 5.38. The Morgan fingerprint density at radius 1 is 0.842 bits per heavy atom. The van der Waals surface area contributed by atoms with Crippen molar-refractivity contribution in [3.63, 3.8) is 0 Å². The number of rotatable bonds is 8. The SMILES string of the molecule is CCOc1ccc(C(=O)CN(C)CCC=C2c3ccccc3CCc3ccccc32)cc1.O=C(O)C(=O)O. The van der Waals surface area contributed by atoms with Gasteiger partial charge >= 0.3 is 11.9 Å². The third-order valence-corrected chi connectivity index (χ3v) is 6.22. The fourth-order valence-electron chi connectivity index (χ4n) is 4.38. The molecule has 1 aliphatic carbocycles. The van der Waals surface area contributed by atoms with Crippen LogP contribution in [0.15, 0.2) is 78.9 Å². The lowest BCUT2D eigenvalue weighted by Crippen LogP contribution is -2.26. The van der Waals surface area contributed by atoms with E-state index in [-0.39, 0.29) is 5.78 Å². The summed E-state index contributed by atoms with van der Waals surface area (Å²) < 4.78 is 5.46. The Morgan fingerprint density at radius 2 is 1.37 bits per heavy atom. The van der Waals surface area contributed by atoms with Gasteiger partial charge in [-0.3, -0.25) is 9.69 Å². The molecule has 0 saturated heterocycles. The highest BCUT2D eigenvalue weighted by Crippen LogP contribution is 2.33. The minimum atomic E-state index is -1.82. The molecule has 0 bridgehead atoms. The number of nitrogens with zero attached hydrogens (tertiary/aromatic N) is 1. The molecule has 0 unspecified atom stereocenters. The molecule has 0 spiro atoms. The van der Waals surface area contributed by atoms with Crippen LogP contribution < -0.4 is 4.74 Å². The number of aryl methyl sites for hydroxylation is 2. The average Bonchev–Trinajstić information content (AvgIpc) is 3.07. The number of hydrogen-bond acceptors (Lipinski definition) is 5. The molecular weight excluding hydrogens is 482 g/mol. The van der Waals surface area contributed by atoms with Gasteiger partial charge in [0.2, 0.25) is 0 Å². The topological polar surface area (TPSA) is 104 Å². The first kappa shape index (κ1) is 28.3. The first-order valence-corrected chi connectivity index (χ1v) is 12.6. The number of benzene rings is 3. The molecular formula is C31H33NO6. The molecule has 3 aromatic carbocycles. The zero-order valence-corrected chi connectivity index (χ0v) is 21.7. The largest absolute Gasteiger partial charge is 0.494 e. The normalized spacial score (nSPS) is 11.8. The van der Waals surface area contributed by atoms with Crippen LogP contribution in [0.2, 0.25) is 0 Å². The van der Waals surface area contributed by atoms with E-state index in [1.54, 1.807) is 0 Å². The molecule has 0 aliphatic heterocycles. The van der Waals surface area contributed by atoms with Gasteiger partial charge in [-0.2, -0.15) is 0 Å². The monoisotopic (exact) mass is 515 g/mol. The van der Waals surface area contributed by atoms with E-state index < -0.39 is 11.9 Å². The van der Waals surface area contributed by atoms with Gasteiger partial charge in [-0.15, -0.1) is 0 Å². The van der Waals surface area contributed by atoms with Gasteiger partial charge in [0.15, 0.2) is 5.78 Å². The van der Waals surface area contributed by atoms with Gasteiger partial charge in [0.1, 0.15) is 5.75 Å². The summed E-state index contributed by atoms with van der Waals surface area (Å²) in [7, 11) is 2.01. The number of ketones is 1. The summed E-state index contributed by atoms with van der Waals surface area (Å²) in [6.45, 7) is 3.82. The molecule has 2 N–H and O–H groups in total. The molecule has 4 rings (SSSR count). The van der Waals surface area contributed by atoms with Crippen LogP contribution >= 0.6 is 0 Å². The number of aliphatic carboxylic acids is 2. The molecule has 38 heavy (non-hydrogen) atoms. The van der Waals surface area contributed by atoms with Crippen LogP contribution in [0.3, 0.4) is 0 Å². The van der Waals surface area contributed by atoms with Gasteiger partial charge in [-0.05, 0) is 85.3 Å². The third kappa shape index (κ3) is 7.88. The number of Topliss-reactive ketones (excluding diaryl/α,β-unsaturated/α-hetero) is 1. The quantitative estimate of drug-likeness (QED) is 0.322. The maximum absolute atomic E-state index is 12.7.